The lowest BCUT2D eigenvalue weighted by atomic mass is 10.0. The number of rotatable bonds is 10. The van der Waals surface area contributed by atoms with Gasteiger partial charge >= 0.3 is 5.97 Å². The Morgan fingerprint density at radius 2 is 1.90 bits per heavy atom. The van der Waals surface area contributed by atoms with Crippen LogP contribution in [0, 0.1) is 5.92 Å². The van der Waals surface area contributed by atoms with Gasteiger partial charge in [-0.25, -0.2) is 4.79 Å². The highest BCUT2D eigenvalue weighted by Gasteiger charge is 2.14. The first kappa shape index (κ1) is 17.8. The van der Waals surface area contributed by atoms with Crippen molar-refractivity contribution in [3.63, 3.8) is 0 Å². The van der Waals surface area contributed by atoms with Crippen LogP contribution in [-0.2, 0) is 4.74 Å². The van der Waals surface area contributed by atoms with Crippen molar-refractivity contribution in [2.45, 2.75) is 58.9 Å². The SMILES string of the molecule is COC(=O)c1ccc(C(C)NCCCCCCC(C)C)o1. The largest absolute Gasteiger partial charge is 0.463 e. The van der Waals surface area contributed by atoms with Crippen LogP contribution < -0.4 is 5.32 Å². The summed E-state index contributed by atoms with van der Waals surface area (Å²) in [6.07, 6.45) is 6.40. The van der Waals surface area contributed by atoms with E-state index < -0.39 is 5.97 Å². The molecule has 1 aromatic heterocycles. The fourth-order valence-electron chi connectivity index (χ4n) is 2.25. The maximum Gasteiger partial charge on any atom is 0.373 e. The topological polar surface area (TPSA) is 51.5 Å². The molecule has 1 rings (SSSR count). The molecule has 1 N–H and O–H groups in total. The first-order valence-corrected chi connectivity index (χ1v) is 7.96. The Balaban J connectivity index is 2.17. The summed E-state index contributed by atoms with van der Waals surface area (Å²) in [6, 6.07) is 3.59. The minimum atomic E-state index is -0.432. The van der Waals surface area contributed by atoms with E-state index in [1.165, 1.54) is 39.2 Å². The van der Waals surface area contributed by atoms with Crippen molar-refractivity contribution >= 4 is 5.97 Å². The van der Waals surface area contributed by atoms with Crippen LogP contribution in [0.25, 0.3) is 0 Å². The van der Waals surface area contributed by atoms with Gasteiger partial charge in [0.25, 0.3) is 0 Å². The molecule has 0 saturated heterocycles. The van der Waals surface area contributed by atoms with Crippen molar-refractivity contribution in [1.29, 1.82) is 0 Å². The number of furan rings is 1. The summed E-state index contributed by atoms with van der Waals surface area (Å²) >= 11 is 0. The highest BCUT2D eigenvalue weighted by molar-refractivity contribution is 5.86. The van der Waals surface area contributed by atoms with E-state index in [9.17, 15) is 4.79 Å². The van der Waals surface area contributed by atoms with Gasteiger partial charge in [-0.2, -0.15) is 0 Å². The molecule has 0 aliphatic heterocycles. The van der Waals surface area contributed by atoms with Gasteiger partial charge < -0.3 is 14.5 Å². The van der Waals surface area contributed by atoms with Gasteiger partial charge in [0.1, 0.15) is 5.76 Å². The fourth-order valence-corrected chi connectivity index (χ4v) is 2.25. The zero-order chi connectivity index (χ0) is 15.7. The second-order valence-electron chi connectivity index (χ2n) is 5.97. The maximum atomic E-state index is 11.3. The summed E-state index contributed by atoms with van der Waals surface area (Å²) in [6.45, 7) is 7.56. The average Bonchev–Trinajstić information content (AvgIpc) is 2.94. The Morgan fingerprint density at radius 1 is 1.19 bits per heavy atom. The third-order valence-corrected chi connectivity index (χ3v) is 3.60. The van der Waals surface area contributed by atoms with Crippen LogP contribution in [0.2, 0.25) is 0 Å². The molecule has 0 saturated carbocycles. The van der Waals surface area contributed by atoms with Gasteiger partial charge in [0.15, 0.2) is 0 Å². The predicted octanol–water partition coefficient (Wildman–Crippen LogP) is 4.32. The van der Waals surface area contributed by atoms with Crippen LogP contribution in [0.1, 0.15) is 75.2 Å². The Hall–Kier alpha value is -1.29. The van der Waals surface area contributed by atoms with Gasteiger partial charge in [-0.3, -0.25) is 0 Å². The molecule has 120 valence electrons. The number of nitrogens with one attached hydrogen (secondary N) is 1. The second-order valence-corrected chi connectivity index (χ2v) is 5.97. The molecule has 0 radical (unpaired) electrons. The molecule has 1 heterocycles. The molecule has 0 aromatic carbocycles. The highest BCUT2D eigenvalue weighted by Crippen LogP contribution is 2.17. The first-order valence-electron chi connectivity index (χ1n) is 7.96. The summed E-state index contributed by atoms with van der Waals surface area (Å²) in [5.41, 5.74) is 0. The molecule has 1 unspecified atom stereocenters. The van der Waals surface area contributed by atoms with Crippen LogP contribution in [-0.4, -0.2) is 19.6 Å². The van der Waals surface area contributed by atoms with Crippen LogP contribution in [0.15, 0.2) is 16.5 Å². The summed E-state index contributed by atoms with van der Waals surface area (Å²) in [4.78, 5) is 11.3. The summed E-state index contributed by atoms with van der Waals surface area (Å²) < 4.78 is 10.1. The predicted molar refractivity (Wildman–Crippen MR) is 84.4 cm³/mol. The Kier molecular flexibility index (Phi) is 8.13. The van der Waals surface area contributed by atoms with Gasteiger partial charge in [0.2, 0.25) is 5.76 Å². The Labute approximate surface area is 128 Å². The normalized spacial score (nSPS) is 12.6. The molecule has 1 atom stereocenters. The molecule has 0 bridgehead atoms. The third kappa shape index (κ3) is 6.80. The van der Waals surface area contributed by atoms with E-state index in [0.717, 1.165) is 18.2 Å². The summed E-state index contributed by atoms with van der Waals surface area (Å²) in [5.74, 6) is 1.41. The fraction of sp³-hybridized carbons (Fsp3) is 0.706. The van der Waals surface area contributed by atoms with Crippen LogP contribution in [0.4, 0.5) is 0 Å². The summed E-state index contributed by atoms with van der Waals surface area (Å²) in [5, 5.41) is 3.42. The molecule has 0 spiro atoms. The maximum absolute atomic E-state index is 11.3. The molecule has 0 aliphatic carbocycles. The van der Waals surface area contributed by atoms with Gasteiger partial charge in [0, 0.05) is 0 Å². The molecule has 21 heavy (non-hydrogen) atoms. The third-order valence-electron chi connectivity index (χ3n) is 3.60. The van der Waals surface area contributed by atoms with Crippen molar-refractivity contribution in [3.8, 4) is 0 Å². The van der Waals surface area contributed by atoms with E-state index in [4.69, 9.17) is 4.42 Å². The molecule has 0 amide bonds. The molecule has 0 fully saturated rings. The highest BCUT2D eigenvalue weighted by atomic mass is 16.5. The number of carbonyl (C=O) groups excluding carboxylic acids is 1. The number of carbonyl (C=O) groups is 1. The summed E-state index contributed by atoms with van der Waals surface area (Å²) in [7, 11) is 1.35. The van der Waals surface area contributed by atoms with Crippen molar-refractivity contribution in [1.82, 2.24) is 5.32 Å². The Morgan fingerprint density at radius 3 is 2.57 bits per heavy atom. The number of unbranched alkanes of at least 4 members (excludes halogenated alkanes) is 3. The number of ether oxygens (including phenoxy) is 1. The van der Waals surface area contributed by atoms with Crippen LogP contribution in [0.5, 0.6) is 0 Å². The second kappa shape index (κ2) is 9.61. The van der Waals surface area contributed by atoms with Gasteiger partial charge in [-0.15, -0.1) is 0 Å². The van der Waals surface area contributed by atoms with E-state index in [0.29, 0.717) is 0 Å². The minimum absolute atomic E-state index is 0.110. The van der Waals surface area contributed by atoms with Gasteiger partial charge in [-0.05, 0) is 37.9 Å². The van der Waals surface area contributed by atoms with Crippen LogP contribution >= 0.6 is 0 Å². The molecule has 1 aromatic rings. The van der Waals surface area contributed by atoms with E-state index >= 15 is 0 Å². The molecular weight excluding hydrogens is 266 g/mol. The molecule has 4 heteroatoms. The number of hydrogen-bond acceptors (Lipinski definition) is 4. The van der Waals surface area contributed by atoms with Crippen molar-refractivity contribution in [2.75, 3.05) is 13.7 Å². The van der Waals surface area contributed by atoms with Crippen molar-refractivity contribution in [3.05, 3.63) is 23.7 Å². The van der Waals surface area contributed by atoms with E-state index in [1.54, 1.807) is 6.07 Å². The van der Waals surface area contributed by atoms with Crippen LogP contribution in [0.3, 0.4) is 0 Å². The quantitative estimate of drug-likeness (QED) is 0.516. The zero-order valence-electron chi connectivity index (χ0n) is 13.8. The minimum Gasteiger partial charge on any atom is -0.463 e. The zero-order valence-corrected chi connectivity index (χ0v) is 13.8. The lowest BCUT2D eigenvalue weighted by Crippen LogP contribution is -2.19. The number of esters is 1. The van der Waals surface area contributed by atoms with E-state index in [-0.39, 0.29) is 11.8 Å². The lowest BCUT2D eigenvalue weighted by Gasteiger charge is -2.11. The van der Waals surface area contributed by atoms with E-state index in [2.05, 4.69) is 23.9 Å². The smallest absolute Gasteiger partial charge is 0.373 e. The molecule has 0 aliphatic rings. The van der Waals surface area contributed by atoms with Gasteiger partial charge in [0.05, 0.1) is 13.2 Å². The molecule has 4 nitrogen and oxygen atoms in total. The lowest BCUT2D eigenvalue weighted by molar-refractivity contribution is 0.0562. The Bertz CT molecular complexity index is 412. The number of methoxy groups -OCH3 is 1. The average molecular weight is 295 g/mol. The monoisotopic (exact) mass is 295 g/mol. The standard InChI is InChI=1S/C17H29NO3/c1-13(2)9-7-5-6-8-12-18-14(3)15-10-11-16(21-15)17(19)20-4/h10-11,13-14,18H,5-9,12H2,1-4H3. The number of hydrogen-bond donors (Lipinski definition) is 1. The van der Waals surface area contributed by atoms with Gasteiger partial charge in [-0.1, -0.05) is 39.5 Å². The molecular formula is C17H29NO3. The van der Waals surface area contributed by atoms with E-state index in [1.807, 2.05) is 13.0 Å². The first-order chi connectivity index (χ1) is 10.0. The van der Waals surface area contributed by atoms with Crippen molar-refractivity contribution < 1.29 is 13.9 Å². The van der Waals surface area contributed by atoms with Crippen molar-refractivity contribution in [2.24, 2.45) is 5.92 Å².